The van der Waals surface area contributed by atoms with Crippen molar-refractivity contribution >= 4 is 27.4 Å². The third-order valence-electron chi connectivity index (χ3n) is 6.19. The first kappa shape index (κ1) is 23.2. The molecule has 0 bridgehead atoms. The van der Waals surface area contributed by atoms with E-state index >= 15 is 0 Å². The number of rotatable bonds is 5. The number of aryl methyl sites for hydroxylation is 2. The summed E-state index contributed by atoms with van der Waals surface area (Å²) in [5.74, 6) is 0.367. The Balaban J connectivity index is 1.73. The van der Waals surface area contributed by atoms with Gasteiger partial charge in [-0.2, -0.15) is 4.31 Å². The van der Waals surface area contributed by atoms with E-state index in [9.17, 15) is 13.2 Å². The number of pyridine rings is 1. The molecule has 2 aromatic rings. The largest absolute Gasteiger partial charge is 0.361 e. The number of anilines is 2. The molecule has 1 amide bonds. The van der Waals surface area contributed by atoms with Gasteiger partial charge in [0, 0.05) is 39.3 Å². The number of aromatic nitrogens is 1. The second-order valence-corrected chi connectivity index (χ2v) is 10.4. The third-order valence-corrected chi connectivity index (χ3v) is 8.36. The minimum Gasteiger partial charge on any atom is -0.361 e. The van der Waals surface area contributed by atoms with Crippen LogP contribution in [0.5, 0.6) is 0 Å². The highest BCUT2D eigenvalue weighted by atomic mass is 32.2. The molecular formula is C23H32N4O3S. The van der Waals surface area contributed by atoms with E-state index in [4.69, 9.17) is 0 Å². The molecule has 1 saturated heterocycles. The normalized spacial score (nSPS) is 15.7. The van der Waals surface area contributed by atoms with Crippen LogP contribution in [-0.2, 0) is 14.8 Å². The summed E-state index contributed by atoms with van der Waals surface area (Å²) in [7, 11) is 0.137. The van der Waals surface area contributed by atoms with Crippen molar-refractivity contribution in [3.63, 3.8) is 0 Å². The first-order valence-electron chi connectivity index (χ1n) is 10.5. The zero-order chi connectivity index (χ0) is 22.9. The minimum atomic E-state index is -3.61. The average Bonchev–Trinajstić information content (AvgIpc) is 2.72. The molecule has 3 rings (SSSR count). The SMILES string of the molecule is Cc1cc(C)c(C)c(S(=O)(=O)N2CCC(C(=O)Nc3cccnc3N(C)C)CC2)c1C. The standard InChI is InChI=1S/C23H32N4O3S/c1-15-14-16(2)18(4)21(17(15)3)31(29,30)27-12-9-19(10-13-27)23(28)25-20-8-7-11-24-22(20)26(5)6/h7-8,11,14,19H,9-10,12-13H2,1-6H3,(H,25,28). The highest BCUT2D eigenvalue weighted by Crippen LogP contribution is 2.31. The highest BCUT2D eigenvalue weighted by molar-refractivity contribution is 7.89. The number of carbonyl (C=O) groups is 1. The molecule has 1 N–H and O–H groups in total. The topological polar surface area (TPSA) is 82.6 Å². The molecule has 1 aliphatic heterocycles. The lowest BCUT2D eigenvalue weighted by molar-refractivity contribution is -0.120. The van der Waals surface area contributed by atoms with Crippen molar-refractivity contribution in [2.24, 2.45) is 5.92 Å². The van der Waals surface area contributed by atoms with E-state index in [-0.39, 0.29) is 11.8 Å². The second kappa shape index (κ2) is 8.96. The van der Waals surface area contributed by atoms with E-state index < -0.39 is 10.0 Å². The van der Waals surface area contributed by atoms with Crippen LogP contribution in [0.1, 0.15) is 35.1 Å². The van der Waals surface area contributed by atoms with Crippen LogP contribution >= 0.6 is 0 Å². The predicted octanol–water partition coefficient (Wildman–Crippen LogP) is 3.42. The lowest BCUT2D eigenvalue weighted by atomic mass is 9.97. The van der Waals surface area contributed by atoms with E-state index in [0.29, 0.717) is 42.3 Å². The van der Waals surface area contributed by atoms with Crippen molar-refractivity contribution < 1.29 is 13.2 Å². The summed E-state index contributed by atoms with van der Waals surface area (Å²) >= 11 is 0. The number of hydrogen-bond donors (Lipinski definition) is 1. The van der Waals surface area contributed by atoms with Crippen molar-refractivity contribution in [1.82, 2.24) is 9.29 Å². The Hall–Kier alpha value is -2.45. The van der Waals surface area contributed by atoms with Crippen molar-refractivity contribution in [2.45, 2.75) is 45.4 Å². The molecule has 0 spiro atoms. The van der Waals surface area contributed by atoms with Gasteiger partial charge in [-0.15, -0.1) is 0 Å². The fourth-order valence-electron chi connectivity index (χ4n) is 4.14. The van der Waals surface area contributed by atoms with Gasteiger partial charge in [0.2, 0.25) is 15.9 Å². The summed E-state index contributed by atoms with van der Waals surface area (Å²) in [6.45, 7) is 8.28. The molecule has 0 atom stereocenters. The fraction of sp³-hybridized carbons (Fsp3) is 0.478. The molecule has 2 heterocycles. The van der Waals surface area contributed by atoms with Crippen molar-refractivity contribution in [1.29, 1.82) is 0 Å². The number of nitrogens with zero attached hydrogens (tertiary/aromatic N) is 3. The first-order chi connectivity index (χ1) is 14.5. The second-order valence-electron chi connectivity index (χ2n) is 8.53. The molecule has 168 valence electrons. The molecule has 0 radical (unpaired) electrons. The summed E-state index contributed by atoms with van der Waals surface area (Å²) in [5, 5.41) is 2.97. The molecule has 1 aromatic heterocycles. The zero-order valence-corrected chi connectivity index (χ0v) is 20.0. The lowest BCUT2D eigenvalue weighted by Gasteiger charge is -2.32. The van der Waals surface area contributed by atoms with Crippen molar-refractivity contribution in [3.8, 4) is 0 Å². The molecule has 31 heavy (non-hydrogen) atoms. The highest BCUT2D eigenvalue weighted by Gasteiger charge is 2.34. The maximum absolute atomic E-state index is 13.4. The molecule has 1 aliphatic rings. The number of amides is 1. The molecule has 7 nitrogen and oxygen atoms in total. The van der Waals surface area contributed by atoms with Crippen LogP contribution in [0.3, 0.4) is 0 Å². The van der Waals surface area contributed by atoms with E-state index in [1.54, 1.807) is 12.3 Å². The lowest BCUT2D eigenvalue weighted by Crippen LogP contribution is -2.42. The number of carbonyl (C=O) groups excluding carboxylic acids is 1. The van der Waals surface area contributed by atoms with Crippen LogP contribution in [0.25, 0.3) is 0 Å². The number of nitrogens with one attached hydrogen (secondary N) is 1. The quantitative estimate of drug-likeness (QED) is 0.764. The molecule has 0 unspecified atom stereocenters. The Morgan fingerprint density at radius 3 is 2.23 bits per heavy atom. The number of sulfonamides is 1. The van der Waals surface area contributed by atoms with E-state index in [1.165, 1.54) is 4.31 Å². The summed E-state index contributed by atoms with van der Waals surface area (Å²) < 4.78 is 28.4. The number of hydrogen-bond acceptors (Lipinski definition) is 5. The maximum atomic E-state index is 13.4. The van der Waals surface area contributed by atoms with Crippen LogP contribution in [0.15, 0.2) is 29.3 Å². The van der Waals surface area contributed by atoms with E-state index in [1.807, 2.05) is 58.8 Å². The van der Waals surface area contributed by atoms with Gasteiger partial charge in [-0.3, -0.25) is 4.79 Å². The molecular weight excluding hydrogens is 412 g/mol. The number of piperidine rings is 1. The summed E-state index contributed by atoms with van der Waals surface area (Å²) in [4.78, 5) is 19.4. The van der Waals surface area contributed by atoms with Crippen LogP contribution in [0, 0.1) is 33.6 Å². The van der Waals surface area contributed by atoms with Gasteiger partial charge in [-0.25, -0.2) is 13.4 Å². The molecule has 0 saturated carbocycles. The van der Waals surface area contributed by atoms with E-state index in [2.05, 4.69) is 10.3 Å². The van der Waals surface area contributed by atoms with Gasteiger partial charge in [-0.05, 0) is 74.9 Å². The van der Waals surface area contributed by atoms with Crippen molar-refractivity contribution in [2.75, 3.05) is 37.4 Å². The van der Waals surface area contributed by atoms with Gasteiger partial charge in [0.1, 0.15) is 0 Å². The van der Waals surface area contributed by atoms with Crippen LogP contribution in [0.4, 0.5) is 11.5 Å². The fourth-order valence-corrected chi connectivity index (χ4v) is 6.19. The van der Waals surface area contributed by atoms with Crippen LogP contribution in [0.2, 0.25) is 0 Å². The average molecular weight is 445 g/mol. The van der Waals surface area contributed by atoms with Crippen molar-refractivity contribution in [3.05, 3.63) is 46.6 Å². The van der Waals surface area contributed by atoms with Gasteiger partial charge in [0.15, 0.2) is 5.82 Å². The monoisotopic (exact) mass is 444 g/mol. The minimum absolute atomic E-state index is 0.0908. The smallest absolute Gasteiger partial charge is 0.243 e. The van der Waals surface area contributed by atoms with Gasteiger partial charge < -0.3 is 10.2 Å². The van der Waals surface area contributed by atoms with Crippen LogP contribution < -0.4 is 10.2 Å². The van der Waals surface area contributed by atoms with Gasteiger partial charge in [0.05, 0.1) is 10.6 Å². The maximum Gasteiger partial charge on any atom is 0.243 e. The molecule has 0 aliphatic carbocycles. The summed E-state index contributed by atoms with van der Waals surface area (Å²) in [6.07, 6.45) is 2.67. The Bertz CT molecular complexity index is 1060. The van der Waals surface area contributed by atoms with Gasteiger partial charge >= 0.3 is 0 Å². The van der Waals surface area contributed by atoms with E-state index in [0.717, 1.165) is 22.3 Å². The Kier molecular flexibility index (Phi) is 6.71. The first-order valence-corrected chi connectivity index (χ1v) is 12.0. The Morgan fingerprint density at radius 2 is 1.68 bits per heavy atom. The zero-order valence-electron chi connectivity index (χ0n) is 19.2. The van der Waals surface area contributed by atoms with Gasteiger partial charge in [0.25, 0.3) is 0 Å². The summed E-state index contributed by atoms with van der Waals surface area (Å²) in [6, 6.07) is 5.64. The molecule has 1 fully saturated rings. The third kappa shape index (κ3) is 4.60. The summed E-state index contributed by atoms with van der Waals surface area (Å²) in [5.41, 5.74) is 4.22. The number of benzene rings is 1. The Morgan fingerprint density at radius 1 is 1.10 bits per heavy atom. The van der Waals surface area contributed by atoms with Gasteiger partial charge in [-0.1, -0.05) is 6.07 Å². The Labute approximate surface area is 185 Å². The molecule has 1 aromatic carbocycles. The molecule has 8 heteroatoms. The van der Waals surface area contributed by atoms with Crippen LogP contribution in [-0.4, -0.2) is 50.8 Å². The predicted molar refractivity (Wildman–Crippen MR) is 124 cm³/mol.